The standard InChI is InChI=1S/C15H22N4O2/c1-12-5-3-6-13(17-12)11-18(2)14(20)15(21)19-9-4-7-16-8-10-19/h3,5-6,16H,4,7-11H2,1-2H3. The summed E-state index contributed by atoms with van der Waals surface area (Å²) in [6.07, 6.45) is 0.877. The summed E-state index contributed by atoms with van der Waals surface area (Å²) in [5.41, 5.74) is 1.69. The van der Waals surface area contributed by atoms with Crippen molar-refractivity contribution in [1.82, 2.24) is 20.1 Å². The summed E-state index contributed by atoms with van der Waals surface area (Å²) in [6.45, 7) is 5.09. The number of nitrogens with zero attached hydrogens (tertiary/aromatic N) is 3. The molecular weight excluding hydrogens is 268 g/mol. The van der Waals surface area contributed by atoms with Crippen LogP contribution in [0, 0.1) is 6.92 Å². The van der Waals surface area contributed by atoms with Crippen molar-refractivity contribution in [2.75, 3.05) is 33.2 Å². The van der Waals surface area contributed by atoms with Crippen molar-refractivity contribution in [3.05, 3.63) is 29.6 Å². The van der Waals surface area contributed by atoms with E-state index >= 15 is 0 Å². The van der Waals surface area contributed by atoms with Gasteiger partial charge >= 0.3 is 11.8 Å². The maximum Gasteiger partial charge on any atom is 0.312 e. The number of aromatic nitrogens is 1. The number of rotatable bonds is 2. The molecule has 6 nitrogen and oxygen atoms in total. The summed E-state index contributed by atoms with van der Waals surface area (Å²) in [6, 6.07) is 5.66. The number of aryl methyl sites for hydroxylation is 1. The molecule has 0 spiro atoms. The second-order valence-corrected chi connectivity index (χ2v) is 5.33. The van der Waals surface area contributed by atoms with Crippen molar-refractivity contribution >= 4 is 11.8 Å². The van der Waals surface area contributed by atoms with Gasteiger partial charge in [-0.15, -0.1) is 0 Å². The molecule has 0 aliphatic carbocycles. The normalized spacial score (nSPS) is 15.4. The Kier molecular flexibility index (Phi) is 5.27. The summed E-state index contributed by atoms with van der Waals surface area (Å²) < 4.78 is 0. The molecule has 0 aromatic carbocycles. The zero-order chi connectivity index (χ0) is 15.2. The Balaban J connectivity index is 1.96. The maximum atomic E-state index is 12.2. The predicted octanol–water partition coefficient (Wildman–Crippen LogP) is 0.170. The third kappa shape index (κ3) is 4.26. The zero-order valence-corrected chi connectivity index (χ0v) is 12.6. The molecule has 0 saturated carbocycles. The Hall–Kier alpha value is -1.95. The highest BCUT2D eigenvalue weighted by atomic mass is 16.2. The van der Waals surface area contributed by atoms with Gasteiger partial charge < -0.3 is 15.1 Å². The van der Waals surface area contributed by atoms with E-state index in [1.165, 1.54) is 4.90 Å². The van der Waals surface area contributed by atoms with Crippen molar-refractivity contribution in [1.29, 1.82) is 0 Å². The molecule has 2 heterocycles. The van der Waals surface area contributed by atoms with Gasteiger partial charge in [-0.25, -0.2) is 0 Å². The Bertz CT molecular complexity index is 510. The molecule has 0 unspecified atom stereocenters. The van der Waals surface area contributed by atoms with Crippen LogP contribution >= 0.6 is 0 Å². The summed E-state index contributed by atoms with van der Waals surface area (Å²) in [7, 11) is 1.64. The number of pyridine rings is 1. The van der Waals surface area contributed by atoms with E-state index in [9.17, 15) is 9.59 Å². The smallest absolute Gasteiger partial charge is 0.312 e. The lowest BCUT2D eigenvalue weighted by Crippen LogP contribution is -2.44. The van der Waals surface area contributed by atoms with E-state index in [4.69, 9.17) is 0 Å². The first-order chi connectivity index (χ1) is 10.1. The van der Waals surface area contributed by atoms with Crippen LogP contribution in [0.15, 0.2) is 18.2 Å². The van der Waals surface area contributed by atoms with E-state index in [0.717, 1.165) is 30.9 Å². The van der Waals surface area contributed by atoms with Crippen molar-refractivity contribution < 1.29 is 9.59 Å². The first kappa shape index (κ1) is 15.4. The molecule has 1 fully saturated rings. The van der Waals surface area contributed by atoms with E-state index in [0.29, 0.717) is 19.6 Å². The number of likely N-dealkylation sites (N-methyl/N-ethyl adjacent to an activating group) is 1. The maximum absolute atomic E-state index is 12.2. The van der Waals surface area contributed by atoms with Gasteiger partial charge in [0, 0.05) is 32.4 Å². The highest BCUT2D eigenvalue weighted by Gasteiger charge is 2.25. The zero-order valence-electron chi connectivity index (χ0n) is 12.6. The minimum absolute atomic E-state index is 0.346. The number of amides is 2. The average Bonchev–Trinajstić information content (AvgIpc) is 2.74. The van der Waals surface area contributed by atoms with Crippen LogP contribution in [-0.4, -0.2) is 59.8 Å². The first-order valence-corrected chi connectivity index (χ1v) is 7.25. The largest absolute Gasteiger partial charge is 0.333 e. The number of carbonyl (C=O) groups is 2. The quantitative estimate of drug-likeness (QED) is 0.789. The first-order valence-electron chi connectivity index (χ1n) is 7.25. The SMILES string of the molecule is Cc1cccc(CN(C)C(=O)C(=O)N2CCCNCC2)n1. The molecule has 114 valence electrons. The van der Waals surface area contributed by atoms with E-state index < -0.39 is 11.8 Å². The highest BCUT2D eigenvalue weighted by molar-refractivity contribution is 6.34. The molecule has 1 saturated heterocycles. The summed E-state index contributed by atoms with van der Waals surface area (Å²) in [4.78, 5) is 31.9. The molecule has 1 aliphatic rings. The van der Waals surface area contributed by atoms with Gasteiger partial charge in [-0.2, -0.15) is 0 Å². The molecule has 0 radical (unpaired) electrons. The number of hydrogen-bond acceptors (Lipinski definition) is 4. The molecule has 2 amide bonds. The highest BCUT2D eigenvalue weighted by Crippen LogP contribution is 2.04. The molecule has 2 rings (SSSR count). The van der Waals surface area contributed by atoms with Gasteiger partial charge in [0.05, 0.1) is 12.2 Å². The fourth-order valence-corrected chi connectivity index (χ4v) is 2.35. The van der Waals surface area contributed by atoms with Crippen LogP contribution in [0.25, 0.3) is 0 Å². The Morgan fingerprint density at radius 1 is 1.33 bits per heavy atom. The van der Waals surface area contributed by atoms with Crippen LogP contribution in [0.1, 0.15) is 17.8 Å². The van der Waals surface area contributed by atoms with Gasteiger partial charge in [0.1, 0.15) is 0 Å². The van der Waals surface area contributed by atoms with Crippen molar-refractivity contribution in [2.24, 2.45) is 0 Å². The molecule has 21 heavy (non-hydrogen) atoms. The van der Waals surface area contributed by atoms with Gasteiger partial charge in [0.25, 0.3) is 0 Å². The summed E-state index contributed by atoms with van der Waals surface area (Å²) >= 11 is 0. The fourth-order valence-electron chi connectivity index (χ4n) is 2.35. The Morgan fingerprint density at radius 2 is 2.14 bits per heavy atom. The van der Waals surface area contributed by atoms with Crippen LogP contribution in [-0.2, 0) is 16.1 Å². The monoisotopic (exact) mass is 290 g/mol. The van der Waals surface area contributed by atoms with Crippen LogP contribution in [0.3, 0.4) is 0 Å². The molecule has 1 aromatic rings. The van der Waals surface area contributed by atoms with Crippen LogP contribution in [0.2, 0.25) is 0 Å². The van der Waals surface area contributed by atoms with Crippen LogP contribution in [0.4, 0.5) is 0 Å². The van der Waals surface area contributed by atoms with E-state index in [1.807, 2.05) is 25.1 Å². The Labute approximate surface area is 125 Å². The van der Waals surface area contributed by atoms with Crippen LogP contribution in [0.5, 0.6) is 0 Å². The van der Waals surface area contributed by atoms with Gasteiger partial charge in [-0.1, -0.05) is 6.07 Å². The predicted molar refractivity (Wildman–Crippen MR) is 79.5 cm³/mol. The van der Waals surface area contributed by atoms with Gasteiger partial charge in [0.15, 0.2) is 0 Å². The average molecular weight is 290 g/mol. The lowest BCUT2D eigenvalue weighted by molar-refractivity contribution is -0.151. The van der Waals surface area contributed by atoms with E-state index in [1.54, 1.807) is 11.9 Å². The third-order valence-corrected chi connectivity index (χ3v) is 3.50. The van der Waals surface area contributed by atoms with Crippen molar-refractivity contribution in [2.45, 2.75) is 19.9 Å². The summed E-state index contributed by atoms with van der Waals surface area (Å²) in [5, 5.41) is 3.22. The number of carbonyl (C=O) groups excluding carboxylic acids is 2. The van der Waals surface area contributed by atoms with Crippen molar-refractivity contribution in [3.63, 3.8) is 0 Å². The van der Waals surface area contributed by atoms with Gasteiger partial charge in [-0.05, 0) is 32.0 Å². The van der Waals surface area contributed by atoms with Crippen molar-refractivity contribution in [3.8, 4) is 0 Å². The van der Waals surface area contributed by atoms with Gasteiger partial charge in [-0.3, -0.25) is 14.6 Å². The van der Waals surface area contributed by atoms with E-state index in [-0.39, 0.29) is 0 Å². The molecule has 6 heteroatoms. The third-order valence-electron chi connectivity index (χ3n) is 3.50. The minimum Gasteiger partial charge on any atom is -0.333 e. The number of nitrogens with one attached hydrogen (secondary N) is 1. The lowest BCUT2D eigenvalue weighted by Gasteiger charge is -2.23. The fraction of sp³-hybridized carbons (Fsp3) is 0.533. The Morgan fingerprint density at radius 3 is 2.90 bits per heavy atom. The molecule has 1 aromatic heterocycles. The molecular formula is C15H22N4O2. The number of hydrogen-bond donors (Lipinski definition) is 1. The van der Waals surface area contributed by atoms with E-state index in [2.05, 4.69) is 10.3 Å². The molecule has 1 aliphatic heterocycles. The lowest BCUT2D eigenvalue weighted by atomic mass is 10.3. The second-order valence-electron chi connectivity index (χ2n) is 5.33. The second kappa shape index (κ2) is 7.17. The molecule has 1 N–H and O–H groups in total. The topological polar surface area (TPSA) is 65.5 Å². The molecule has 0 bridgehead atoms. The summed E-state index contributed by atoms with van der Waals surface area (Å²) in [5.74, 6) is -0.894. The van der Waals surface area contributed by atoms with Crippen LogP contribution < -0.4 is 5.32 Å². The van der Waals surface area contributed by atoms with Gasteiger partial charge in [0.2, 0.25) is 0 Å². The molecule has 0 atom stereocenters. The minimum atomic E-state index is -0.472.